The first-order valence-electron chi connectivity index (χ1n) is 10.4. The molecule has 9 heteroatoms. The van der Waals surface area contributed by atoms with Gasteiger partial charge in [-0.3, -0.25) is 4.79 Å². The molecular weight excluding hydrogens is 434 g/mol. The fourth-order valence-electron chi connectivity index (χ4n) is 3.62. The van der Waals surface area contributed by atoms with Gasteiger partial charge in [0.2, 0.25) is 0 Å². The van der Waals surface area contributed by atoms with Gasteiger partial charge in [-0.1, -0.05) is 12.1 Å². The number of carbonyl (C=O) groups excluding carboxylic acids is 1. The van der Waals surface area contributed by atoms with Gasteiger partial charge in [0.05, 0.1) is 16.9 Å². The number of hydrogen-bond donors (Lipinski definition) is 1. The van der Waals surface area contributed by atoms with Gasteiger partial charge in [0.25, 0.3) is 5.91 Å². The van der Waals surface area contributed by atoms with E-state index in [4.69, 9.17) is 0 Å². The Morgan fingerprint density at radius 1 is 1.09 bits per heavy atom. The van der Waals surface area contributed by atoms with E-state index in [9.17, 15) is 13.6 Å². The third kappa shape index (κ3) is 5.34. The number of halogens is 2. The second-order valence-electron chi connectivity index (χ2n) is 7.48. The van der Waals surface area contributed by atoms with Crippen LogP contribution in [0.1, 0.15) is 22.5 Å². The molecule has 1 aliphatic rings. The molecule has 1 fully saturated rings. The molecule has 0 unspecified atom stereocenters. The molecule has 1 N–H and O–H groups in total. The Balaban J connectivity index is 1.45. The summed E-state index contributed by atoms with van der Waals surface area (Å²) in [5.74, 6) is 0.0439. The van der Waals surface area contributed by atoms with Crippen LogP contribution in [0, 0.1) is 6.92 Å². The molecular formula is C23H24F2N4O2S. The Morgan fingerprint density at radius 3 is 2.59 bits per heavy atom. The normalized spacial score (nSPS) is 14.4. The predicted octanol–water partition coefficient (Wildman–Crippen LogP) is 5.15. The molecule has 168 valence electrons. The molecule has 0 aliphatic carbocycles. The summed E-state index contributed by atoms with van der Waals surface area (Å²) in [5, 5.41) is 6.25. The van der Waals surface area contributed by atoms with Crippen LogP contribution in [0.25, 0.3) is 0 Å². The molecule has 0 spiro atoms. The molecule has 2 aromatic carbocycles. The Hall–Kier alpha value is -3.20. The molecule has 2 heterocycles. The summed E-state index contributed by atoms with van der Waals surface area (Å²) in [6.07, 6.45) is 0.867. The number of ether oxygens (including phenoxy) is 1. The molecule has 1 saturated heterocycles. The summed E-state index contributed by atoms with van der Waals surface area (Å²) in [6, 6.07) is 13.5. The van der Waals surface area contributed by atoms with Gasteiger partial charge in [-0.25, -0.2) is 4.98 Å². The van der Waals surface area contributed by atoms with Crippen LogP contribution < -0.4 is 15.0 Å². The number of anilines is 3. The second-order valence-corrected chi connectivity index (χ2v) is 8.31. The largest absolute Gasteiger partial charge is 0.435 e. The van der Waals surface area contributed by atoms with E-state index in [2.05, 4.69) is 19.9 Å². The van der Waals surface area contributed by atoms with E-state index in [1.807, 2.05) is 35.4 Å². The van der Waals surface area contributed by atoms with Gasteiger partial charge >= 0.3 is 6.61 Å². The van der Waals surface area contributed by atoms with Crippen molar-refractivity contribution in [3.05, 3.63) is 65.2 Å². The third-order valence-electron chi connectivity index (χ3n) is 5.18. The molecule has 1 aromatic heterocycles. The first-order valence-corrected chi connectivity index (χ1v) is 11.2. The van der Waals surface area contributed by atoms with Crippen LogP contribution >= 0.6 is 11.3 Å². The van der Waals surface area contributed by atoms with Crippen LogP contribution in [0.15, 0.2) is 53.9 Å². The van der Waals surface area contributed by atoms with Crippen LogP contribution in [0.2, 0.25) is 0 Å². The number of nitrogens with one attached hydrogen (secondary N) is 1. The summed E-state index contributed by atoms with van der Waals surface area (Å²) in [5.41, 5.74) is 2.92. The van der Waals surface area contributed by atoms with Crippen molar-refractivity contribution in [3.63, 3.8) is 0 Å². The standard InChI is InChI=1S/C23H24F2N4O2S/c1-16-15-32-23(26-16)29-12-4-11-28(13-14-29)21(30)19-5-2-3-6-20(19)27-17-7-9-18(10-8-17)31-22(24)25/h2-3,5-10,15,22,27H,4,11-14H2,1H3. The number of carbonyl (C=O) groups is 1. The highest BCUT2D eigenvalue weighted by molar-refractivity contribution is 7.13. The SMILES string of the molecule is Cc1csc(N2CCCN(C(=O)c3ccccc3Nc3ccc(OC(F)F)cc3)CC2)n1. The fraction of sp³-hybridized carbons (Fsp3) is 0.304. The van der Waals surface area contributed by atoms with Gasteiger partial charge in [-0.2, -0.15) is 8.78 Å². The molecule has 3 aromatic rings. The van der Waals surface area contributed by atoms with E-state index in [0.717, 1.165) is 30.3 Å². The highest BCUT2D eigenvalue weighted by Gasteiger charge is 2.23. The zero-order valence-corrected chi connectivity index (χ0v) is 18.4. The van der Waals surface area contributed by atoms with Crippen molar-refractivity contribution in [2.24, 2.45) is 0 Å². The lowest BCUT2D eigenvalue weighted by Gasteiger charge is -2.23. The highest BCUT2D eigenvalue weighted by atomic mass is 32.1. The Bertz CT molecular complexity index is 1060. The first-order chi connectivity index (χ1) is 15.5. The van der Waals surface area contributed by atoms with Crippen molar-refractivity contribution < 1.29 is 18.3 Å². The number of nitrogens with zero attached hydrogens (tertiary/aromatic N) is 3. The van der Waals surface area contributed by atoms with Crippen molar-refractivity contribution in [3.8, 4) is 5.75 Å². The lowest BCUT2D eigenvalue weighted by molar-refractivity contribution is -0.0498. The van der Waals surface area contributed by atoms with Crippen LogP contribution in [0.3, 0.4) is 0 Å². The second kappa shape index (κ2) is 9.95. The van der Waals surface area contributed by atoms with Gasteiger partial charge in [0.1, 0.15) is 5.75 Å². The highest BCUT2D eigenvalue weighted by Crippen LogP contribution is 2.26. The minimum atomic E-state index is -2.86. The topological polar surface area (TPSA) is 57.7 Å². The maximum atomic E-state index is 13.3. The van der Waals surface area contributed by atoms with E-state index in [0.29, 0.717) is 30.0 Å². The molecule has 0 atom stereocenters. The van der Waals surface area contributed by atoms with E-state index in [1.54, 1.807) is 29.5 Å². The van der Waals surface area contributed by atoms with Gasteiger partial charge < -0.3 is 19.9 Å². The predicted molar refractivity (Wildman–Crippen MR) is 122 cm³/mol. The van der Waals surface area contributed by atoms with Crippen LogP contribution in [-0.4, -0.2) is 48.6 Å². The van der Waals surface area contributed by atoms with Crippen molar-refractivity contribution in [1.29, 1.82) is 0 Å². The zero-order chi connectivity index (χ0) is 22.5. The average Bonchev–Trinajstić information content (AvgIpc) is 3.06. The van der Waals surface area contributed by atoms with E-state index in [-0.39, 0.29) is 11.7 Å². The minimum absolute atomic E-state index is 0.0390. The number of rotatable bonds is 6. The van der Waals surface area contributed by atoms with Crippen LogP contribution in [0.4, 0.5) is 25.3 Å². The number of aromatic nitrogens is 1. The number of alkyl halides is 2. The van der Waals surface area contributed by atoms with Crippen molar-refractivity contribution in [2.75, 3.05) is 36.4 Å². The van der Waals surface area contributed by atoms with E-state index in [1.165, 1.54) is 12.1 Å². The molecule has 1 aliphatic heterocycles. The summed E-state index contributed by atoms with van der Waals surface area (Å²) in [6.45, 7) is 2.01. The first kappa shape index (κ1) is 22.0. The quantitative estimate of drug-likeness (QED) is 0.554. The molecule has 32 heavy (non-hydrogen) atoms. The molecule has 6 nitrogen and oxygen atoms in total. The summed E-state index contributed by atoms with van der Waals surface area (Å²) < 4.78 is 29.1. The van der Waals surface area contributed by atoms with E-state index >= 15 is 0 Å². The summed E-state index contributed by atoms with van der Waals surface area (Å²) in [7, 11) is 0. The molecule has 0 saturated carbocycles. The van der Waals surface area contributed by atoms with Gasteiger partial charge in [-0.05, 0) is 49.7 Å². The molecule has 0 radical (unpaired) electrons. The number of thiazole rings is 1. The van der Waals surface area contributed by atoms with Crippen molar-refractivity contribution in [1.82, 2.24) is 9.88 Å². The number of amides is 1. The smallest absolute Gasteiger partial charge is 0.387 e. The minimum Gasteiger partial charge on any atom is -0.435 e. The Kier molecular flexibility index (Phi) is 6.84. The Morgan fingerprint density at radius 2 is 1.88 bits per heavy atom. The third-order valence-corrected chi connectivity index (χ3v) is 6.20. The fourth-order valence-corrected chi connectivity index (χ4v) is 4.48. The maximum absolute atomic E-state index is 13.3. The molecule has 4 rings (SSSR count). The monoisotopic (exact) mass is 458 g/mol. The Labute approximate surface area is 189 Å². The number of aryl methyl sites for hydroxylation is 1. The number of para-hydroxylation sites is 1. The lowest BCUT2D eigenvalue weighted by Crippen LogP contribution is -2.35. The van der Waals surface area contributed by atoms with Crippen LogP contribution in [-0.2, 0) is 0 Å². The van der Waals surface area contributed by atoms with Crippen molar-refractivity contribution in [2.45, 2.75) is 20.0 Å². The lowest BCUT2D eigenvalue weighted by atomic mass is 10.1. The zero-order valence-electron chi connectivity index (χ0n) is 17.6. The van der Waals surface area contributed by atoms with Crippen LogP contribution in [0.5, 0.6) is 5.75 Å². The van der Waals surface area contributed by atoms with E-state index < -0.39 is 6.61 Å². The van der Waals surface area contributed by atoms with Crippen molar-refractivity contribution >= 4 is 33.8 Å². The summed E-state index contributed by atoms with van der Waals surface area (Å²) in [4.78, 5) is 22.0. The molecule has 1 amide bonds. The number of benzene rings is 2. The van der Waals surface area contributed by atoms with Gasteiger partial charge in [-0.15, -0.1) is 11.3 Å². The number of hydrogen-bond acceptors (Lipinski definition) is 6. The van der Waals surface area contributed by atoms with Gasteiger partial charge in [0, 0.05) is 37.2 Å². The maximum Gasteiger partial charge on any atom is 0.387 e. The summed E-state index contributed by atoms with van der Waals surface area (Å²) >= 11 is 1.63. The van der Waals surface area contributed by atoms with Gasteiger partial charge in [0.15, 0.2) is 5.13 Å². The molecule has 0 bridgehead atoms. The average molecular weight is 459 g/mol.